The molecule has 7 heteroatoms. The zero-order valence-corrected chi connectivity index (χ0v) is 16.9. The lowest BCUT2D eigenvalue weighted by Crippen LogP contribution is -2.52. The third-order valence-electron chi connectivity index (χ3n) is 5.54. The molecule has 1 saturated heterocycles. The number of hydrogen-bond donors (Lipinski definition) is 1. The molecule has 4 rings (SSSR count). The standard InChI is InChI=1S/C21H25N3O3S/c1-15-12-17-6-3-4-9-20(17)24(15)28(26,27)19-8-5-7-18(13-19)21(25)23-11-10-22-14-16(23)2/h3-9,13,15-16,22H,10-12,14H2,1-2H3/t15?,16-/m1/s1. The number of para-hydroxylation sites is 1. The maximum Gasteiger partial charge on any atom is 0.264 e. The number of rotatable bonds is 3. The normalized spacial score (nSPS) is 22.2. The van der Waals surface area contributed by atoms with Crippen molar-refractivity contribution < 1.29 is 13.2 Å². The molecule has 2 aromatic rings. The van der Waals surface area contributed by atoms with Crippen LogP contribution >= 0.6 is 0 Å². The molecule has 1 fully saturated rings. The van der Waals surface area contributed by atoms with Crippen LogP contribution in [-0.4, -0.2) is 50.9 Å². The maximum absolute atomic E-state index is 13.4. The summed E-state index contributed by atoms with van der Waals surface area (Å²) < 4.78 is 28.3. The largest absolute Gasteiger partial charge is 0.333 e. The van der Waals surface area contributed by atoms with Gasteiger partial charge in [-0.25, -0.2) is 8.42 Å². The highest BCUT2D eigenvalue weighted by atomic mass is 32.2. The Kier molecular flexibility index (Phi) is 4.89. The average Bonchev–Trinajstić information content (AvgIpc) is 3.04. The van der Waals surface area contributed by atoms with Crippen molar-refractivity contribution in [3.8, 4) is 0 Å². The fourth-order valence-electron chi connectivity index (χ4n) is 4.12. The quantitative estimate of drug-likeness (QED) is 0.860. The molecular formula is C21H25N3O3S. The van der Waals surface area contributed by atoms with Gasteiger partial charge in [-0.2, -0.15) is 0 Å². The van der Waals surface area contributed by atoms with Gasteiger partial charge in [0.25, 0.3) is 15.9 Å². The molecule has 2 aliphatic heterocycles. The van der Waals surface area contributed by atoms with Crippen molar-refractivity contribution in [2.45, 2.75) is 37.2 Å². The number of benzene rings is 2. The summed E-state index contributed by atoms with van der Waals surface area (Å²) in [6.45, 7) is 6.01. The van der Waals surface area contributed by atoms with Crippen LogP contribution in [0.25, 0.3) is 0 Å². The van der Waals surface area contributed by atoms with Crippen LogP contribution in [0.5, 0.6) is 0 Å². The minimum absolute atomic E-state index is 0.0759. The summed E-state index contributed by atoms with van der Waals surface area (Å²) in [7, 11) is -3.75. The molecule has 0 saturated carbocycles. The second kappa shape index (κ2) is 7.22. The van der Waals surface area contributed by atoms with Gasteiger partial charge in [0.1, 0.15) is 0 Å². The van der Waals surface area contributed by atoms with Crippen molar-refractivity contribution in [1.82, 2.24) is 10.2 Å². The molecule has 1 amide bonds. The van der Waals surface area contributed by atoms with E-state index in [4.69, 9.17) is 0 Å². The average molecular weight is 400 g/mol. The van der Waals surface area contributed by atoms with Gasteiger partial charge in [0, 0.05) is 37.3 Å². The number of sulfonamides is 1. The van der Waals surface area contributed by atoms with Crippen molar-refractivity contribution in [3.63, 3.8) is 0 Å². The van der Waals surface area contributed by atoms with E-state index in [1.807, 2.05) is 38.1 Å². The zero-order valence-electron chi connectivity index (χ0n) is 16.1. The fourth-order valence-corrected chi connectivity index (χ4v) is 5.85. The molecule has 0 bridgehead atoms. The number of hydrogen-bond acceptors (Lipinski definition) is 4. The summed E-state index contributed by atoms with van der Waals surface area (Å²) in [6, 6.07) is 13.9. The lowest BCUT2D eigenvalue weighted by atomic mass is 10.1. The van der Waals surface area contributed by atoms with E-state index in [0.717, 1.165) is 24.3 Å². The van der Waals surface area contributed by atoms with E-state index in [2.05, 4.69) is 5.32 Å². The molecular weight excluding hydrogens is 374 g/mol. The topological polar surface area (TPSA) is 69.7 Å². The first-order valence-electron chi connectivity index (χ1n) is 9.63. The van der Waals surface area contributed by atoms with Gasteiger partial charge in [0.05, 0.1) is 10.6 Å². The Bertz CT molecular complexity index is 1010. The number of fused-ring (bicyclic) bond motifs is 1. The number of carbonyl (C=O) groups excluding carboxylic acids is 1. The van der Waals surface area contributed by atoms with Crippen LogP contribution < -0.4 is 9.62 Å². The van der Waals surface area contributed by atoms with Gasteiger partial charge < -0.3 is 10.2 Å². The van der Waals surface area contributed by atoms with E-state index in [-0.39, 0.29) is 22.9 Å². The van der Waals surface area contributed by atoms with Gasteiger partial charge in [0.15, 0.2) is 0 Å². The Morgan fingerprint density at radius 3 is 2.64 bits per heavy atom. The van der Waals surface area contributed by atoms with Crippen molar-refractivity contribution in [3.05, 3.63) is 59.7 Å². The summed E-state index contributed by atoms with van der Waals surface area (Å²) in [4.78, 5) is 14.9. The number of nitrogens with zero attached hydrogens (tertiary/aromatic N) is 2. The van der Waals surface area contributed by atoms with E-state index < -0.39 is 10.0 Å². The first-order chi connectivity index (χ1) is 13.4. The molecule has 0 aromatic heterocycles. The molecule has 2 aromatic carbocycles. The predicted molar refractivity (Wildman–Crippen MR) is 109 cm³/mol. The molecule has 28 heavy (non-hydrogen) atoms. The molecule has 0 radical (unpaired) electrons. The van der Waals surface area contributed by atoms with Gasteiger partial charge in [-0.3, -0.25) is 9.10 Å². The molecule has 148 valence electrons. The van der Waals surface area contributed by atoms with Crippen molar-refractivity contribution in [2.24, 2.45) is 0 Å². The first kappa shape index (κ1) is 19.0. The summed E-state index contributed by atoms with van der Waals surface area (Å²) in [5.41, 5.74) is 2.16. The number of anilines is 1. The summed E-state index contributed by atoms with van der Waals surface area (Å²) in [5.74, 6) is -0.124. The van der Waals surface area contributed by atoms with E-state index in [1.165, 1.54) is 10.4 Å². The van der Waals surface area contributed by atoms with Gasteiger partial charge in [-0.15, -0.1) is 0 Å². The third-order valence-corrected chi connectivity index (χ3v) is 7.47. The Morgan fingerprint density at radius 2 is 1.86 bits per heavy atom. The van der Waals surface area contributed by atoms with E-state index in [0.29, 0.717) is 18.5 Å². The van der Waals surface area contributed by atoms with E-state index in [1.54, 1.807) is 23.1 Å². The fraction of sp³-hybridized carbons (Fsp3) is 0.381. The van der Waals surface area contributed by atoms with Crippen molar-refractivity contribution in [1.29, 1.82) is 0 Å². The minimum Gasteiger partial charge on any atom is -0.333 e. The summed E-state index contributed by atoms with van der Waals surface area (Å²) >= 11 is 0. The van der Waals surface area contributed by atoms with Crippen LogP contribution in [0.2, 0.25) is 0 Å². The van der Waals surface area contributed by atoms with Gasteiger partial charge in [-0.05, 0) is 50.1 Å². The smallest absolute Gasteiger partial charge is 0.264 e. The van der Waals surface area contributed by atoms with Crippen molar-refractivity contribution in [2.75, 3.05) is 23.9 Å². The zero-order chi connectivity index (χ0) is 19.9. The Hall–Kier alpha value is -2.38. The Labute approximate surface area is 166 Å². The van der Waals surface area contributed by atoms with Crippen LogP contribution in [0.15, 0.2) is 53.4 Å². The minimum atomic E-state index is -3.75. The molecule has 2 heterocycles. The highest BCUT2D eigenvalue weighted by molar-refractivity contribution is 7.92. The Balaban J connectivity index is 1.68. The van der Waals surface area contributed by atoms with Crippen LogP contribution in [-0.2, 0) is 16.4 Å². The number of carbonyl (C=O) groups is 1. The number of amides is 1. The monoisotopic (exact) mass is 399 g/mol. The van der Waals surface area contributed by atoms with E-state index in [9.17, 15) is 13.2 Å². The van der Waals surface area contributed by atoms with Crippen LogP contribution in [0, 0.1) is 0 Å². The van der Waals surface area contributed by atoms with E-state index >= 15 is 0 Å². The summed E-state index contributed by atoms with van der Waals surface area (Å²) in [6.07, 6.45) is 0.687. The Morgan fingerprint density at radius 1 is 1.07 bits per heavy atom. The second-order valence-corrected chi connectivity index (χ2v) is 9.38. The number of nitrogens with one attached hydrogen (secondary N) is 1. The lowest BCUT2D eigenvalue weighted by molar-refractivity contribution is 0.0655. The van der Waals surface area contributed by atoms with Gasteiger partial charge >= 0.3 is 0 Å². The van der Waals surface area contributed by atoms with Gasteiger partial charge in [0.2, 0.25) is 0 Å². The third kappa shape index (κ3) is 3.18. The maximum atomic E-state index is 13.4. The molecule has 2 aliphatic rings. The lowest BCUT2D eigenvalue weighted by Gasteiger charge is -2.34. The second-order valence-electron chi connectivity index (χ2n) is 7.56. The molecule has 2 atom stereocenters. The van der Waals surface area contributed by atoms with Gasteiger partial charge in [-0.1, -0.05) is 24.3 Å². The van der Waals surface area contributed by atoms with Crippen LogP contribution in [0.3, 0.4) is 0 Å². The SMILES string of the molecule is CC1Cc2ccccc2N1S(=O)(=O)c1cccc(C(=O)N2CCNC[C@H]2C)c1. The highest BCUT2D eigenvalue weighted by Gasteiger charge is 2.36. The predicted octanol–water partition coefficient (Wildman–Crippen LogP) is 2.26. The number of piperazine rings is 1. The molecule has 1 N–H and O–H groups in total. The molecule has 0 aliphatic carbocycles. The highest BCUT2D eigenvalue weighted by Crippen LogP contribution is 2.36. The van der Waals surface area contributed by atoms with Crippen LogP contribution in [0.1, 0.15) is 29.8 Å². The summed E-state index contributed by atoms with van der Waals surface area (Å²) in [5, 5.41) is 3.26. The molecule has 6 nitrogen and oxygen atoms in total. The molecule has 1 unspecified atom stereocenters. The first-order valence-corrected chi connectivity index (χ1v) is 11.1. The molecule has 0 spiro atoms. The van der Waals surface area contributed by atoms with Crippen molar-refractivity contribution >= 4 is 21.6 Å². The van der Waals surface area contributed by atoms with Crippen LogP contribution in [0.4, 0.5) is 5.69 Å².